The van der Waals surface area contributed by atoms with Crippen molar-refractivity contribution in [1.29, 1.82) is 0 Å². The number of ether oxygens (including phenoxy) is 2. The molecule has 1 rings (SSSR count). The van der Waals surface area contributed by atoms with Crippen LogP contribution in [0, 0.1) is 0 Å². The SMILES string of the molecule is CCCOCCOCCCc1cn[nH]n1. The number of H-pyrrole nitrogens is 1. The lowest BCUT2D eigenvalue weighted by atomic mass is 10.3. The molecule has 0 saturated heterocycles. The molecule has 0 atom stereocenters. The van der Waals surface area contributed by atoms with Crippen LogP contribution in [-0.4, -0.2) is 41.8 Å². The van der Waals surface area contributed by atoms with Crippen LogP contribution in [0.15, 0.2) is 6.20 Å². The van der Waals surface area contributed by atoms with Gasteiger partial charge in [-0.1, -0.05) is 6.92 Å². The van der Waals surface area contributed by atoms with E-state index < -0.39 is 0 Å². The predicted molar refractivity (Wildman–Crippen MR) is 56.6 cm³/mol. The first-order valence-electron chi connectivity index (χ1n) is 5.43. The van der Waals surface area contributed by atoms with Gasteiger partial charge in [0.25, 0.3) is 0 Å². The summed E-state index contributed by atoms with van der Waals surface area (Å²) < 4.78 is 10.7. The molecule has 0 spiro atoms. The summed E-state index contributed by atoms with van der Waals surface area (Å²) in [7, 11) is 0. The maximum absolute atomic E-state index is 5.40. The van der Waals surface area contributed by atoms with Crippen molar-refractivity contribution in [3.63, 3.8) is 0 Å². The normalized spacial score (nSPS) is 10.7. The summed E-state index contributed by atoms with van der Waals surface area (Å²) in [4.78, 5) is 0. The number of nitrogens with one attached hydrogen (secondary N) is 1. The van der Waals surface area contributed by atoms with Crippen molar-refractivity contribution in [2.75, 3.05) is 26.4 Å². The number of aromatic amines is 1. The maximum Gasteiger partial charge on any atom is 0.0825 e. The van der Waals surface area contributed by atoms with Gasteiger partial charge in [-0.05, 0) is 19.3 Å². The van der Waals surface area contributed by atoms with Gasteiger partial charge in [-0.15, -0.1) is 0 Å². The van der Waals surface area contributed by atoms with Crippen molar-refractivity contribution < 1.29 is 9.47 Å². The Labute approximate surface area is 90.2 Å². The highest BCUT2D eigenvalue weighted by molar-refractivity contribution is 4.89. The molecule has 0 aliphatic carbocycles. The quantitative estimate of drug-likeness (QED) is 0.626. The second-order valence-electron chi connectivity index (χ2n) is 3.29. The van der Waals surface area contributed by atoms with Crippen molar-refractivity contribution in [3.8, 4) is 0 Å². The van der Waals surface area contributed by atoms with E-state index in [0.29, 0.717) is 13.2 Å². The molecule has 0 bridgehead atoms. The minimum Gasteiger partial charge on any atom is -0.379 e. The van der Waals surface area contributed by atoms with Gasteiger partial charge in [0, 0.05) is 13.2 Å². The van der Waals surface area contributed by atoms with Crippen molar-refractivity contribution in [3.05, 3.63) is 11.9 Å². The van der Waals surface area contributed by atoms with E-state index in [1.54, 1.807) is 6.20 Å². The van der Waals surface area contributed by atoms with Crippen LogP contribution in [0.3, 0.4) is 0 Å². The van der Waals surface area contributed by atoms with Crippen molar-refractivity contribution in [2.45, 2.75) is 26.2 Å². The van der Waals surface area contributed by atoms with Crippen LogP contribution in [0.25, 0.3) is 0 Å². The third-order valence-corrected chi connectivity index (χ3v) is 1.91. The lowest BCUT2D eigenvalue weighted by Crippen LogP contribution is -2.06. The Hall–Kier alpha value is -0.940. The summed E-state index contributed by atoms with van der Waals surface area (Å²) in [5.74, 6) is 0. The Morgan fingerprint density at radius 2 is 2.00 bits per heavy atom. The molecular weight excluding hydrogens is 194 g/mol. The smallest absolute Gasteiger partial charge is 0.0825 e. The van der Waals surface area contributed by atoms with Gasteiger partial charge in [0.05, 0.1) is 25.1 Å². The summed E-state index contributed by atoms with van der Waals surface area (Å²) in [6, 6.07) is 0. The average Bonchev–Trinajstić information content (AvgIpc) is 2.75. The minimum absolute atomic E-state index is 0.679. The van der Waals surface area contributed by atoms with Gasteiger partial charge in [-0.3, -0.25) is 0 Å². The van der Waals surface area contributed by atoms with Crippen LogP contribution in [0.5, 0.6) is 0 Å². The van der Waals surface area contributed by atoms with Crippen molar-refractivity contribution >= 4 is 0 Å². The molecule has 1 aromatic heterocycles. The second kappa shape index (κ2) is 8.38. The first-order valence-corrected chi connectivity index (χ1v) is 5.43. The summed E-state index contributed by atoms with van der Waals surface area (Å²) in [6.07, 6.45) is 4.68. The van der Waals surface area contributed by atoms with Crippen LogP contribution in [0.2, 0.25) is 0 Å². The molecule has 0 aliphatic rings. The fourth-order valence-electron chi connectivity index (χ4n) is 1.17. The molecule has 0 saturated carbocycles. The van der Waals surface area contributed by atoms with E-state index in [4.69, 9.17) is 9.47 Å². The lowest BCUT2D eigenvalue weighted by Gasteiger charge is -2.03. The highest BCUT2D eigenvalue weighted by Gasteiger charge is 1.95. The Bertz CT molecular complexity index is 227. The zero-order valence-electron chi connectivity index (χ0n) is 9.24. The van der Waals surface area contributed by atoms with Gasteiger partial charge in [-0.2, -0.15) is 15.4 Å². The molecule has 86 valence electrons. The van der Waals surface area contributed by atoms with Gasteiger partial charge < -0.3 is 9.47 Å². The number of hydrogen-bond donors (Lipinski definition) is 1. The monoisotopic (exact) mass is 213 g/mol. The first-order chi connectivity index (χ1) is 7.43. The predicted octanol–water partition coefficient (Wildman–Crippen LogP) is 1.18. The highest BCUT2D eigenvalue weighted by atomic mass is 16.5. The van der Waals surface area contributed by atoms with E-state index in [9.17, 15) is 0 Å². The number of aryl methyl sites for hydroxylation is 1. The zero-order chi connectivity index (χ0) is 10.8. The largest absolute Gasteiger partial charge is 0.379 e. The number of aromatic nitrogens is 3. The summed E-state index contributed by atoms with van der Waals surface area (Å²) >= 11 is 0. The molecule has 0 radical (unpaired) electrons. The van der Waals surface area contributed by atoms with E-state index >= 15 is 0 Å². The van der Waals surface area contributed by atoms with E-state index in [2.05, 4.69) is 22.3 Å². The summed E-state index contributed by atoms with van der Waals surface area (Å²) in [5.41, 5.74) is 0.987. The van der Waals surface area contributed by atoms with Gasteiger partial charge in [0.1, 0.15) is 0 Å². The van der Waals surface area contributed by atoms with Gasteiger partial charge >= 0.3 is 0 Å². The zero-order valence-corrected chi connectivity index (χ0v) is 9.24. The Balaban J connectivity index is 1.81. The van der Waals surface area contributed by atoms with E-state index in [1.807, 2.05) is 0 Å². The molecule has 5 heteroatoms. The number of nitrogens with zero attached hydrogens (tertiary/aromatic N) is 2. The lowest BCUT2D eigenvalue weighted by molar-refractivity contribution is 0.0472. The van der Waals surface area contributed by atoms with Gasteiger partial charge in [0.2, 0.25) is 0 Å². The van der Waals surface area contributed by atoms with E-state index in [0.717, 1.165) is 38.2 Å². The second-order valence-corrected chi connectivity index (χ2v) is 3.29. The molecule has 15 heavy (non-hydrogen) atoms. The van der Waals surface area contributed by atoms with Crippen LogP contribution in [-0.2, 0) is 15.9 Å². The Morgan fingerprint density at radius 1 is 1.20 bits per heavy atom. The standard InChI is InChI=1S/C10H19N3O2/c1-2-5-14-7-8-15-6-3-4-10-9-11-13-12-10/h9H,2-8H2,1H3,(H,11,12,13). The molecule has 0 fully saturated rings. The molecule has 1 heterocycles. The first kappa shape index (κ1) is 12.1. The van der Waals surface area contributed by atoms with Crippen LogP contribution < -0.4 is 0 Å². The number of rotatable bonds is 9. The van der Waals surface area contributed by atoms with Crippen molar-refractivity contribution in [2.24, 2.45) is 0 Å². The molecule has 0 unspecified atom stereocenters. The molecule has 1 N–H and O–H groups in total. The fourth-order valence-corrected chi connectivity index (χ4v) is 1.17. The summed E-state index contributed by atoms with van der Waals surface area (Å²) in [6.45, 7) is 5.04. The third-order valence-electron chi connectivity index (χ3n) is 1.91. The summed E-state index contributed by atoms with van der Waals surface area (Å²) in [5, 5.41) is 10.3. The van der Waals surface area contributed by atoms with Crippen LogP contribution in [0.1, 0.15) is 25.5 Å². The van der Waals surface area contributed by atoms with E-state index in [1.165, 1.54) is 0 Å². The minimum atomic E-state index is 0.679. The molecule has 0 amide bonds. The fraction of sp³-hybridized carbons (Fsp3) is 0.800. The Kier molecular flexibility index (Phi) is 6.77. The highest BCUT2D eigenvalue weighted by Crippen LogP contribution is 1.95. The van der Waals surface area contributed by atoms with Crippen LogP contribution in [0.4, 0.5) is 0 Å². The molecule has 0 aromatic carbocycles. The van der Waals surface area contributed by atoms with Crippen molar-refractivity contribution in [1.82, 2.24) is 15.4 Å². The Morgan fingerprint density at radius 3 is 2.67 bits per heavy atom. The van der Waals surface area contributed by atoms with Gasteiger partial charge in [-0.25, -0.2) is 0 Å². The topological polar surface area (TPSA) is 60.0 Å². The van der Waals surface area contributed by atoms with E-state index in [-0.39, 0.29) is 0 Å². The molecule has 5 nitrogen and oxygen atoms in total. The van der Waals surface area contributed by atoms with Gasteiger partial charge in [0.15, 0.2) is 0 Å². The number of hydrogen-bond acceptors (Lipinski definition) is 4. The molecular formula is C10H19N3O2. The van der Waals surface area contributed by atoms with Crippen LogP contribution >= 0.6 is 0 Å². The molecule has 1 aromatic rings. The average molecular weight is 213 g/mol. The maximum atomic E-state index is 5.40. The molecule has 0 aliphatic heterocycles. The third kappa shape index (κ3) is 6.19.